The van der Waals surface area contributed by atoms with E-state index in [1.54, 1.807) is 35.1 Å². The first-order valence-electron chi connectivity index (χ1n) is 10.7. The molecule has 2 aromatic carbocycles. The molecule has 0 aliphatic rings. The number of halogens is 3. The normalized spacial score (nSPS) is 11.7. The van der Waals surface area contributed by atoms with Crippen molar-refractivity contribution in [3.8, 4) is 16.9 Å². The lowest BCUT2D eigenvalue weighted by Crippen LogP contribution is -2.23. The average Bonchev–Trinajstić information content (AvgIpc) is 3.52. The van der Waals surface area contributed by atoms with E-state index in [1.165, 1.54) is 6.07 Å². The van der Waals surface area contributed by atoms with Gasteiger partial charge < -0.3 is 5.32 Å². The molecule has 35 heavy (non-hydrogen) atoms. The maximum absolute atomic E-state index is 13.8. The summed E-state index contributed by atoms with van der Waals surface area (Å²) in [4.78, 5) is 17.0. The van der Waals surface area contributed by atoms with Crippen molar-refractivity contribution in [3.05, 3.63) is 102 Å². The van der Waals surface area contributed by atoms with Crippen LogP contribution in [-0.2, 0) is 12.7 Å². The van der Waals surface area contributed by atoms with Crippen molar-refractivity contribution in [2.45, 2.75) is 19.6 Å². The lowest BCUT2D eigenvalue weighted by atomic mass is 10.1. The number of fused-ring (bicyclic) bond motifs is 1. The summed E-state index contributed by atoms with van der Waals surface area (Å²) in [6.45, 7) is 2.07. The minimum absolute atomic E-state index is 0.0656. The Morgan fingerprint density at radius 3 is 2.43 bits per heavy atom. The summed E-state index contributed by atoms with van der Waals surface area (Å²) < 4.78 is 43.8. The largest absolute Gasteiger partial charge is 0.433 e. The van der Waals surface area contributed by atoms with Gasteiger partial charge in [0.1, 0.15) is 0 Å². The number of benzene rings is 2. The number of aryl methyl sites for hydroxylation is 1. The summed E-state index contributed by atoms with van der Waals surface area (Å²) in [7, 11) is 0. The minimum Gasteiger partial charge on any atom is -0.347 e. The van der Waals surface area contributed by atoms with Gasteiger partial charge in [-0.1, -0.05) is 42.0 Å². The monoisotopic (exact) mass is 476 g/mol. The molecule has 7 nitrogen and oxygen atoms in total. The number of aromatic nitrogens is 5. The highest BCUT2D eigenvalue weighted by Gasteiger charge is 2.35. The second-order valence-corrected chi connectivity index (χ2v) is 7.99. The van der Waals surface area contributed by atoms with Crippen LogP contribution in [0.25, 0.3) is 22.6 Å². The number of hydrogen-bond acceptors (Lipinski definition) is 4. The summed E-state index contributed by atoms with van der Waals surface area (Å²) in [5.41, 5.74) is 2.11. The molecule has 0 spiro atoms. The highest BCUT2D eigenvalue weighted by Crippen LogP contribution is 2.32. The van der Waals surface area contributed by atoms with E-state index in [9.17, 15) is 18.0 Å². The van der Waals surface area contributed by atoms with Gasteiger partial charge in [0.25, 0.3) is 5.91 Å². The lowest BCUT2D eigenvalue weighted by molar-refractivity contribution is -0.142. The van der Waals surface area contributed by atoms with Gasteiger partial charge in [-0.3, -0.25) is 4.79 Å². The Morgan fingerprint density at radius 1 is 1.03 bits per heavy atom. The molecular weight excluding hydrogens is 457 g/mol. The molecule has 10 heteroatoms. The van der Waals surface area contributed by atoms with E-state index in [-0.39, 0.29) is 23.6 Å². The van der Waals surface area contributed by atoms with Crippen LogP contribution in [0.1, 0.15) is 27.3 Å². The zero-order valence-electron chi connectivity index (χ0n) is 18.5. The number of alkyl halides is 3. The Hall–Kier alpha value is -4.47. The van der Waals surface area contributed by atoms with Gasteiger partial charge in [0.05, 0.1) is 11.4 Å². The third-order valence-corrected chi connectivity index (χ3v) is 5.46. The fourth-order valence-electron chi connectivity index (χ4n) is 3.62. The van der Waals surface area contributed by atoms with Crippen LogP contribution in [0.15, 0.2) is 79.1 Å². The average molecular weight is 476 g/mol. The molecule has 0 saturated heterocycles. The van der Waals surface area contributed by atoms with Gasteiger partial charge in [-0.2, -0.15) is 23.4 Å². The summed E-state index contributed by atoms with van der Waals surface area (Å²) in [5, 5.41) is 10.7. The van der Waals surface area contributed by atoms with E-state index in [4.69, 9.17) is 0 Å². The smallest absolute Gasteiger partial charge is 0.347 e. The quantitative estimate of drug-likeness (QED) is 0.394. The Kier molecular flexibility index (Phi) is 5.56. The van der Waals surface area contributed by atoms with Crippen molar-refractivity contribution in [1.29, 1.82) is 0 Å². The molecule has 0 fully saturated rings. The van der Waals surface area contributed by atoms with Crippen molar-refractivity contribution < 1.29 is 18.0 Å². The summed E-state index contributed by atoms with van der Waals surface area (Å²) in [6, 6.07) is 18.4. The number of nitrogens with one attached hydrogen (secondary N) is 1. The van der Waals surface area contributed by atoms with Crippen LogP contribution in [-0.4, -0.2) is 30.3 Å². The lowest BCUT2D eigenvalue weighted by Gasteiger charge is -2.11. The molecule has 0 bridgehead atoms. The second kappa shape index (κ2) is 8.71. The predicted molar refractivity (Wildman–Crippen MR) is 123 cm³/mol. The van der Waals surface area contributed by atoms with Gasteiger partial charge in [0.15, 0.2) is 17.0 Å². The Balaban J connectivity index is 1.40. The number of rotatable bonds is 5. The summed E-state index contributed by atoms with van der Waals surface area (Å²) >= 11 is 0. The van der Waals surface area contributed by atoms with Gasteiger partial charge in [-0.05, 0) is 36.8 Å². The van der Waals surface area contributed by atoms with Gasteiger partial charge in [-0.15, -0.1) is 0 Å². The molecule has 0 aliphatic heterocycles. The molecular formula is C25H19F3N6O. The molecule has 0 radical (unpaired) electrons. The van der Waals surface area contributed by atoms with Gasteiger partial charge in [0.2, 0.25) is 0 Å². The van der Waals surface area contributed by atoms with Crippen molar-refractivity contribution in [2.75, 3.05) is 0 Å². The molecule has 0 saturated carbocycles. The fraction of sp³-hybridized carbons (Fsp3) is 0.120. The van der Waals surface area contributed by atoms with E-state index in [0.29, 0.717) is 10.1 Å². The third kappa shape index (κ3) is 4.63. The molecule has 0 aliphatic carbocycles. The van der Waals surface area contributed by atoms with Crippen LogP contribution in [0.4, 0.5) is 13.2 Å². The molecule has 0 atom stereocenters. The van der Waals surface area contributed by atoms with Crippen molar-refractivity contribution in [3.63, 3.8) is 0 Å². The zero-order valence-corrected chi connectivity index (χ0v) is 18.5. The van der Waals surface area contributed by atoms with E-state index in [0.717, 1.165) is 22.9 Å². The zero-order chi connectivity index (χ0) is 24.6. The van der Waals surface area contributed by atoms with E-state index in [1.807, 2.05) is 43.5 Å². The number of amides is 1. The molecule has 176 valence electrons. The first-order chi connectivity index (χ1) is 16.8. The number of nitrogens with zero attached hydrogens (tertiary/aromatic N) is 5. The van der Waals surface area contributed by atoms with Crippen LogP contribution >= 0.6 is 0 Å². The Labute approximate surface area is 197 Å². The van der Waals surface area contributed by atoms with Gasteiger partial charge in [0, 0.05) is 30.6 Å². The maximum Gasteiger partial charge on any atom is 0.433 e. The number of hydrogen-bond donors (Lipinski definition) is 1. The third-order valence-electron chi connectivity index (χ3n) is 5.46. The van der Waals surface area contributed by atoms with Crippen LogP contribution < -0.4 is 5.32 Å². The van der Waals surface area contributed by atoms with Crippen molar-refractivity contribution in [1.82, 2.24) is 29.7 Å². The van der Waals surface area contributed by atoms with Crippen LogP contribution in [0.5, 0.6) is 0 Å². The van der Waals surface area contributed by atoms with Crippen molar-refractivity contribution >= 4 is 11.6 Å². The summed E-state index contributed by atoms with van der Waals surface area (Å²) in [6.07, 6.45) is -1.20. The molecule has 3 aromatic heterocycles. The topological polar surface area (TPSA) is 77.1 Å². The van der Waals surface area contributed by atoms with Crippen molar-refractivity contribution in [2.24, 2.45) is 0 Å². The minimum atomic E-state index is -4.68. The standard InChI is InChI=1S/C25H19F3N6O/c1-16-3-7-18(8-4-16)20-13-22(25(26,27)28)34-23(31-20)14-21(32-34)24(35)29-15-17-5-9-19(10-6-17)33-12-2-11-30-33/h2-14H,15H2,1H3,(H,29,35). The predicted octanol–water partition coefficient (Wildman–Crippen LogP) is 4.84. The van der Waals surface area contributed by atoms with E-state index >= 15 is 0 Å². The van der Waals surface area contributed by atoms with Crippen LogP contribution in [0.2, 0.25) is 0 Å². The molecule has 1 amide bonds. The molecule has 5 aromatic rings. The van der Waals surface area contributed by atoms with Crippen LogP contribution in [0, 0.1) is 6.92 Å². The van der Waals surface area contributed by atoms with Crippen LogP contribution in [0.3, 0.4) is 0 Å². The number of carbonyl (C=O) groups excluding carboxylic acids is 1. The first-order valence-corrected chi connectivity index (χ1v) is 10.7. The maximum atomic E-state index is 13.8. The second-order valence-electron chi connectivity index (χ2n) is 7.99. The van der Waals surface area contributed by atoms with Gasteiger partial charge in [-0.25, -0.2) is 14.2 Å². The molecule has 1 N–H and O–H groups in total. The molecule has 0 unspecified atom stereocenters. The highest BCUT2D eigenvalue weighted by atomic mass is 19.4. The van der Waals surface area contributed by atoms with Gasteiger partial charge >= 0.3 is 6.18 Å². The Bertz CT molecular complexity index is 1490. The molecule has 5 rings (SSSR count). The number of carbonyl (C=O) groups is 1. The first kappa shape index (κ1) is 22.3. The van der Waals surface area contributed by atoms with E-state index in [2.05, 4.69) is 20.5 Å². The Morgan fingerprint density at radius 2 is 1.77 bits per heavy atom. The SMILES string of the molecule is Cc1ccc(-c2cc(C(F)(F)F)n3nc(C(=O)NCc4ccc(-n5cccn5)cc4)cc3n2)cc1. The van der Waals surface area contributed by atoms with E-state index < -0.39 is 17.8 Å². The molecule has 3 heterocycles. The fourth-order valence-corrected chi connectivity index (χ4v) is 3.62. The summed E-state index contributed by atoms with van der Waals surface area (Å²) in [5.74, 6) is -0.600. The highest BCUT2D eigenvalue weighted by molar-refractivity contribution is 5.93.